The molecule has 1 aliphatic rings. The number of amides is 1. The fourth-order valence-electron chi connectivity index (χ4n) is 3.03. The van der Waals surface area contributed by atoms with Crippen LogP contribution in [0.25, 0.3) is 5.65 Å². The molecule has 4 heterocycles. The number of carbonyl (C=O) groups is 1. The first kappa shape index (κ1) is 16.5. The van der Waals surface area contributed by atoms with E-state index >= 15 is 0 Å². The van der Waals surface area contributed by atoms with Crippen LogP contribution in [0.2, 0.25) is 0 Å². The molecule has 0 bridgehead atoms. The van der Waals surface area contributed by atoms with E-state index in [9.17, 15) is 4.79 Å². The smallest absolute Gasteiger partial charge is 0.271 e. The zero-order chi connectivity index (χ0) is 17.8. The summed E-state index contributed by atoms with van der Waals surface area (Å²) in [5, 5.41) is 9.46. The summed E-state index contributed by atoms with van der Waals surface area (Å²) in [6.45, 7) is 2.38. The predicted molar refractivity (Wildman–Crippen MR) is 97.4 cm³/mol. The summed E-state index contributed by atoms with van der Waals surface area (Å²) < 4.78 is 1.61. The number of hydrazine groups is 1. The van der Waals surface area contributed by atoms with Crippen molar-refractivity contribution in [1.82, 2.24) is 30.0 Å². The van der Waals surface area contributed by atoms with Gasteiger partial charge in [-0.3, -0.25) is 15.2 Å². The second-order valence-electron chi connectivity index (χ2n) is 6.34. The number of anilines is 1. The van der Waals surface area contributed by atoms with Crippen molar-refractivity contribution in [2.45, 2.75) is 25.8 Å². The van der Waals surface area contributed by atoms with Gasteiger partial charge in [0, 0.05) is 38.2 Å². The Morgan fingerprint density at radius 1 is 1.15 bits per heavy atom. The number of nitrogens with one attached hydrogen (secondary N) is 2. The van der Waals surface area contributed by atoms with E-state index in [1.807, 2.05) is 29.4 Å². The molecule has 0 radical (unpaired) electrons. The molecule has 1 fully saturated rings. The topological polar surface area (TPSA) is 87.5 Å². The lowest BCUT2D eigenvalue weighted by atomic mass is 10.2. The SMILES string of the molecule is O=C(NN1CCCCC1)c1cnn2ccc(NCc3cccnc3)nc12. The quantitative estimate of drug-likeness (QED) is 0.730. The minimum absolute atomic E-state index is 0.168. The number of aromatic nitrogens is 4. The highest BCUT2D eigenvalue weighted by Crippen LogP contribution is 2.13. The first-order valence-electron chi connectivity index (χ1n) is 8.83. The van der Waals surface area contributed by atoms with Gasteiger partial charge in [-0.05, 0) is 30.5 Å². The van der Waals surface area contributed by atoms with Gasteiger partial charge < -0.3 is 5.32 Å². The van der Waals surface area contributed by atoms with E-state index < -0.39 is 0 Å². The van der Waals surface area contributed by atoms with Crippen LogP contribution in [0.5, 0.6) is 0 Å². The zero-order valence-electron chi connectivity index (χ0n) is 14.4. The summed E-state index contributed by atoms with van der Waals surface area (Å²) in [6.07, 6.45) is 10.3. The van der Waals surface area contributed by atoms with Crippen LogP contribution in [-0.2, 0) is 6.54 Å². The van der Waals surface area contributed by atoms with Crippen LogP contribution in [0.3, 0.4) is 0 Å². The lowest BCUT2D eigenvalue weighted by molar-refractivity contribution is 0.0751. The molecule has 0 saturated carbocycles. The third-order valence-corrected chi connectivity index (χ3v) is 4.43. The molecule has 1 amide bonds. The van der Waals surface area contributed by atoms with Gasteiger partial charge in [0.2, 0.25) is 0 Å². The Balaban J connectivity index is 1.49. The number of carbonyl (C=O) groups excluding carboxylic acids is 1. The molecule has 0 unspecified atom stereocenters. The molecule has 26 heavy (non-hydrogen) atoms. The summed E-state index contributed by atoms with van der Waals surface area (Å²) in [6, 6.07) is 5.73. The van der Waals surface area contributed by atoms with Crippen molar-refractivity contribution < 1.29 is 4.79 Å². The van der Waals surface area contributed by atoms with E-state index in [4.69, 9.17) is 0 Å². The van der Waals surface area contributed by atoms with Crippen LogP contribution in [-0.4, -0.2) is 43.6 Å². The van der Waals surface area contributed by atoms with Crippen molar-refractivity contribution in [3.63, 3.8) is 0 Å². The van der Waals surface area contributed by atoms with Crippen molar-refractivity contribution in [3.05, 3.63) is 54.1 Å². The molecular formula is C18H21N7O. The molecule has 0 aliphatic carbocycles. The lowest BCUT2D eigenvalue weighted by Gasteiger charge is -2.26. The molecule has 2 N–H and O–H groups in total. The molecule has 134 valence electrons. The van der Waals surface area contributed by atoms with Gasteiger partial charge in [-0.2, -0.15) is 5.10 Å². The molecule has 0 atom stereocenters. The van der Waals surface area contributed by atoms with Gasteiger partial charge in [0.05, 0.1) is 6.20 Å². The number of piperidine rings is 1. The summed E-state index contributed by atoms with van der Waals surface area (Å²) in [7, 11) is 0. The number of pyridine rings is 1. The fraction of sp³-hybridized carbons (Fsp3) is 0.333. The summed E-state index contributed by atoms with van der Waals surface area (Å²) in [5.74, 6) is 0.521. The Morgan fingerprint density at radius 2 is 2.04 bits per heavy atom. The molecular weight excluding hydrogens is 330 g/mol. The molecule has 4 rings (SSSR count). The first-order valence-corrected chi connectivity index (χ1v) is 8.83. The lowest BCUT2D eigenvalue weighted by Crippen LogP contribution is -2.45. The van der Waals surface area contributed by atoms with Crippen molar-refractivity contribution in [2.75, 3.05) is 18.4 Å². The van der Waals surface area contributed by atoms with E-state index in [2.05, 4.69) is 25.8 Å². The highest BCUT2D eigenvalue weighted by molar-refractivity contribution is 5.99. The average molecular weight is 351 g/mol. The third-order valence-electron chi connectivity index (χ3n) is 4.43. The first-order chi connectivity index (χ1) is 12.8. The second-order valence-corrected chi connectivity index (χ2v) is 6.34. The number of fused-ring (bicyclic) bond motifs is 1. The maximum absolute atomic E-state index is 12.6. The van der Waals surface area contributed by atoms with E-state index in [1.165, 1.54) is 6.42 Å². The van der Waals surface area contributed by atoms with Crippen LogP contribution in [0, 0.1) is 0 Å². The number of rotatable bonds is 5. The minimum atomic E-state index is -0.168. The van der Waals surface area contributed by atoms with Crippen molar-refractivity contribution in [2.24, 2.45) is 0 Å². The third kappa shape index (κ3) is 3.65. The predicted octanol–water partition coefficient (Wildman–Crippen LogP) is 1.87. The van der Waals surface area contributed by atoms with Crippen LogP contribution in [0.4, 0.5) is 5.82 Å². The van der Waals surface area contributed by atoms with E-state index in [0.29, 0.717) is 23.6 Å². The van der Waals surface area contributed by atoms with Gasteiger partial charge in [-0.1, -0.05) is 12.5 Å². The number of nitrogens with zero attached hydrogens (tertiary/aromatic N) is 5. The molecule has 3 aromatic heterocycles. The molecule has 0 spiro atoms. The fourth-order valence-corrected chi connectivity index (χ4v) is 3.03. The largest absolute Gasteiger partial charge is 0.366 e. The van der Waals surface area contributed by atoms with Gasteiger partial charge in [0.1, 0.15) is 11.4 Å². The van der Waals surface area contributed by atoms with Gasteiger partial charge in [0.25, 0.3) is 5.91 Å². The van der Waals surface area contributed by atoms with Crippen molar-refractivity contribution in [1.29, 1.82) is 0 Å². The Kier molecular flexibility index (Phi) is 4.74. The molecule has 8 heteroatoms. The number of hydrogen-bond acceptors (Lipinski definition) is 6. The molecule has 1 saturated heterocycles. The monoisotopic (exact) mass is 351 g/mol. The summed E-state index contributed by atoms with van der Waals surface area (Å²) >= 11 is 0. The highest BCUT2D eigenvalue weighted by atomic mass is 16.2. The zero-order valence-corrected chi connectivity index (χ0v) is 14.4. The Morgan fingerprint density at radius 3 is 2.85 bits per heavy atom. The van der Waals surface area contributed by atoms with E-state index in [-0.39, 0.29) is 5.91 Å². The summed E-state index contributed by atoms with van der Waals surface area (Å²) in [5.41, 5.74) is 5.03. The number of hydrogen-bond donors (Lipinski definition) is 2. The summed E-state index contributed by atoms with van der Waals surface area (Å²) in [4.78, 5) is 21.3. The average Bonchev–Trinajstić information content (AvgIpc) is 3.11. The Bertz CT molecular complexity index is 887. The van der Waals surface area contributed by atoms with Gasteiger partial charge in [0.15, 0.2) is 5.65 Å². The minimum Gasteiger partial charge on any atom is -0.366 e. The molecule has 0 aromatic carbocycles. The maximum Gasteiger partial charge on any atom is 0.271 e. The second kappa shape index (κ2) is 7.49. The van der Waals surface area contributed by atoms with Crippen molar-refractivity contribution in [3.8, 4) is 0 Å². The van der Waals surface area contributed by atoms with Gasteiger partial charge >= 0.3 is 0 Å². The van der Waals surface area contributed by atoms with Crippen LogP contribution < -0.4 is 10.7 Å². The van der Waals surface area contributed by atoms with E-state index in [1.54, 1.807) is 23.1 Å². The Hall–Kier alpha value is -3.00. The van der Waals surface area contributed by atoms with Gasteiger partial charge in [-0.25, -0.2) is 14.5 Å². The van der Waals surface area contributed by atoms with Crippen LogP contribution in [0.1, 0.15) is 35.2 Å². The normalized spacial score (nSPS) is 15.1. The van der Waals surface area contributed by atoms with Crippen LogP contribution >= 0.6 is 0 Å². The maximum atomic E-state index is 12.6. The standard InChI is InChI=1S/C18H21N7O/c26-18(23-24-8-2-1-3-9-24)15-13-21-25-10-6-16(22-17(15)25)20-12-14-5-4-7-19-11-14/h4-7,10-11,13H,1-3,8-9,12H2,(H,20,22)(H,23,26). The Labute approximate surface area is 151 Å². The van der Waals surface area contributed by atoms with Gasteiger partial charge in [-0.15, -0.1) is 0 Å². The molecule has 1 aliphatic heterocycles. The molecule has 3 aromatic rings. The van der Waals surface area contributed by atoms with E-state index in [0.717, 1.165) is 31.5 Å². The molecule has 8 nitrogen and oxygen atoms in total. The highest BCUT2D eigenvalue weighted by Gasteiger charge is 2.18. The van der Waals surface area contributed by atoms with Crippen LogP contribution in [0.15, 0.2) is 43.0 Å². The van der Waals surface area contributed by atoms with Crippen molar-refractivity contribution >= 4 is 17.4 Å².